The zero-order chi connectivity index (χ0) is 17.3. The van der Waals surface area contributed by atoms with Gasteiger partial charge in [0.25, 0.3) is 5.91 Å². The number of hydrogen-bond donors (Lipinski definition) is 0. The van der Waals surface area contributed by atoms with Gasteiger partial charge in [0.15, 0.2) is 18.1 Å². The lowest BCUT2D eigenvalue weighted by atomic mass is 10.0. The lowest BCUT2D eigenvalue weighted by Crippen LogP contribution is -2.51. The number of carbonyl (C=O) groups excluding carboxylic acids is 1. The minimum absolute atomic E-state index is 0.0113. The number of piperidine rings is 1. The van der Waals surface area contributed by atoms with Crippen LogP contribution in [0.2, 0.25) is 0 Å². The van der Waals surface area contributed by atoms with E-state index in [4.69, 9.17) is 9.47 Å². The number of nitrogens with zero attached hydrogens (tertiary/aromatic N) is 1. The van der Waals surface area contributed by atoms with Crippen molar-refractivity contribution < 1.29 is 22.7 Å². The van der Waals surface area contributed by atoms with E-state index in [2.05, 4.69) is 0 Å². The number of methoxy groups -OCH3 is 1. The van der Waals surface area contributed by atoms with E-state index in [0.717, 1.165) is 12.8 Å². The molecule has 7 heteroatoms. The number of hydrogen-bond acceptors (Lipinski definition) is 5. The average Bonchev–Trinajstić information content (AvgIpc) is 2.81. The van der Waals surface area contributed by atoms with Gasteiger partial charge in [0, 0.05) is 18.3 Å². The molecule has 2 heterocycles. The van der Waals surface area contributed by atoms with Crippen LogP contribution in [0.1, 0.15) is 25.7 Å². The van der Waals surface area contributed by atoms with E-state index in [0.29, 0.717) is 24.3 Å². The molecule has 2 aliphatic heterocycles. The molecule has 0 radical (unpaired) electrons. The monoisotopic (exact) mass is 353 g/mol. The molecule has 1 aromatic carbocycles. The van der Waals surface area contributed by atoms with Crippen LogP contribution in [0.25, 0.3) is 0 Å². The van der Waals surface area contributed by atoms with E-state index in [-0.39, 0.29) is 29.8 Å². The summed E-state index contributed by atoms with van der Waals surface area (Å²) in [5, 5.41) is -0.325. The van der Waals surface area contributed by atoms with Gasteiger partial charge in [0.05, 0.1) is 12.4 Å². The predicted molar refractivity (Wildman–Crippen MR) is 90.0 cm³/mol. The van der Waals surface area contributed by atoms with Crippen LogP contribution >= 0.6 is 0 Å². The summed E-state index contributed by atoms with van der Waals surface area (Å²) in [5.41, 5.74) is 0. The Morgan fingerprint density at radius 2 is 1.75 bits per heavy atom. The Morgan fingerprint density at radius 1 is 1.17 bits per heavy atom. The van der Waals surface area contributed by atoms with Crippen molar-refractivity contribution in [2.75, 3.05) is 20.0 Å². The fourth-order valence-electron chi connectivity index (χ4n) is 3.84. The van der Waals surface area contributed by atoms with Crippen molar-refractivity contribution in [3.8, 4) is 11.5 Å². The smallest absolute Gasteiger partial charge is 0.261 e. The summed E-state index contributed by atoms with van der Waals surface area (Å²) in [6.45, 7) is -0.0586. The number of carbonyl (C=O) groups is 1. The Bertz CT molecular complexity index is 703. The summed E-state index contributed by atoms with van der Waals surface area (Å²) >= 11 is 0. The predicted octanol–water partition coefficient (Wildman–Crippen LogP) is 1.64. The van der Waals surface area contributed by atoms with Gasteiger partial charge in [-0.05, 0) is 37.8 Å². The van der Waals surface area contributed by atoms with Crippen molar-refractivity contribution in [1.29, 1.82) is 0 Å². The van der Waals surface area contributed by atoms with E-state index in [1.54, 1.807) is 19.2 Å². The summed E-state index contributed by atoms with van der Waals surface area (Å²) in [6, 6.07) is 7.22. The molecule has 1 aromatic rings. The largest absolute Gasteiger partial charge is 0.493 e. The number of ether oxygens (including phenoxy) is 2. The highest BCUT2D eigenvalue weighted by Gasteiger charge is 2.45. The number of amides is 1. The summed E-state index contributed by atoms with van der Waals surface area (Å²) < 4.78 is 34.5. The van der Waals surface area contributed by atoms with Gasteiger partial charge < -0.3 is 14.4 Å². The van der Waals surface area contributed by atoms with Crippen LogP contribution in [0.15, 0.2) is 24.3 Å². The first kappa shape index (κ1) is 17.1. The fourth-order valence-corrected chi connectivity index (χ4v) is 4.98. The molecule has 3 rings (SSSR count). The minimum Gasteiger partial charge on any atom is -0.493 e. The summed E-state index contributed by atoms with van der Waals surface area (Å²) in [5.74, 6) is 1.04. The Labute approximate surface area is 142 Å². The molecule has 2 bridgehead atoms. The SMILES string of the molecule is COc1ccccc1OCC(=O)N1C2CCC1CC(S(C)(=O)=O)C2. The zero-order valence-electron chi connectivity index (χ0n) is 14.0. The van der Waals surface area contributed by atoms with Gasteiger partial charge in [-0.3, -0.25) is 4.79 Å². The van der Waals surface area contributed by atoms with Crippen LogP contribution in [0.5, 0.6) is 11.5 Å². The van der Waals surface area contributed by atoms with Gasteiger partial charge in [-0.25, -0.2) is 8.42 Å². The Balaban J connectivity index is 1.64. The molecule has 0 aromatic heterocycles. The number of fused-ring (bicyclic) bond motifs is 2. The molecule has 2 fully saturated rings. The summed E-state index contributed by atoms with van der Waals surface area (Å²) in [4.78, 5) is 14.4. The molecule has 0 saturated carbocycles. The second-order valence-corrected chi connectivity index (χ2v) is 8.87. The molecular weight excluding hydrogens is 330 g/mol. The van der Waals surface area contributed by atoms with Crippen LogP contribution in [-0.4, -0.2) is 56.5 Å². The van der Waals surface area contributed by atoms with Gasteiger partial charge in [0.2, 0.25) is 0 Å². The average molecular weight is 353 g/mol. The molecule has 1 amide bonds. The van der Waals surface area contributed by atoms with Gasteiger partial charge >= 0.3 is 0 Å². The molecule has 2 aliphatic rings. The maximum absolute atomic E-state index is 12.6. The molecule has 0 aliphatic carbocycles. The molecule has 2 atom stereocenters. The first-order valence-corrected chi connectivity index (χ1v) is 10.1. The lowest BCUT2D eigenvalue weighted by molar-refractivity contribution is -0.137. The van der Waals surface area contributed by atoms with Crippen LogP contribution in [0.3, 0.4) is 0 Å². The third kappa shape index (κ3) is 3.36. The van der Waals surface area contributed by atoms with Crippen LogP contribution in [0, 0.1) is 0 Å². The summed E-state index contributed by atoms with van der Waals surface area (Å²) in [6.07, 6.45) is 4.11. The topological polar surface area (TPSA) is 72.9 Å². The van der Waals surface area contributed by atoms with Crippen molar-refractivity contribution in [2.45, 2.75) is 43.0 Å². The minimum atomic E-state index is -3.05. The van der Waals surface area contributed by atoms with E-state index in [1.165, 1.54) is 6.26 Å². The Kier molecular flexibility index (Phi) is 4.71. The zero-order valence-corrected chi connectivity index (χ0v) is 14.8. The van der Waals surface area contributed by atoms with E-state index < -0.39 is 9.84 Å². The van der Waals surface area contributed by atoms with Crippen molar-refractivity contribution >= 4 is 15.7 Å². The van der Waals surface area contributed by atoms with Gasteiger partial charge in [-0.2, -0.15) is 0 Å². The van der Waals surface area contributed by atoms with E-state index in [1.807, 2.05) is 17.0 Å². The van der Waals surface area contributed by atoms with Crippen LogP contribution in [-0.2, 0) is 14.6 Å². The third-order valence-corrected chi connectivity index (χ3v) is 6.60. The number of benzene rings is 1. The quantitative estimate of drug-likeness (QED) is 0.805. The second-order valence-electron chi connectivity index (χ2n) is 6.55. The van der Waals surface area contributed by atoms with Crippen molar-refractivity contribution in [3.63, 3.8) is 0 Å². The molecule has 2 unspecified atom stereocenters. The summed E-state index contributed by atoms with van der Waals surface area (Å²) in [7, 11) is -1.50. The first-order valence-electron chi connectivity index (χ1n) is 8.16. The standard InChI is InChI=1S/C17H23NO5S/c1-22-15-5-3-4-6-16(15)23-11-17(19)18-12-7-8-13(18)10-14(9-12)24(2,20)21/h3-6,12-14H,7-11H2,1-2H3. The van der Waals surface area contributed by atoms with Gasteiger partial charge in [-0.1, -0.05) is 12.1 Å². The third-order valence-electron chi connectivity index (χ3n) is 5.00. The highest BCUT2D eigenvalue weighted by atomic mass is 32.2. The van der Waals surface area contributed by atoms with E-state index in [9.17, 15) is 13.2 Å². The number of sulfone groups is 1. The Hall–Kier alpha value is -1.76. The normalized spacial score (nSPS) is 26.2. The molecule has 6 nitrogen and oxygen atoms in total. The fraction of sp³-hybridized carbons (Fsp3) is 0.588. The van der Waals surface area contributed by atoms with Gasteiger partial charge in [-0.15, -0.1) is 0 Å². The van der Waals surface area contributed by atoms with Crippen molar-refractivity contribution in [1.82, 2.24) is 4.90 Å². The van der Waals surface area contributed by atoms with Crippen molar-refractivity contribution in [3.05, 3.63) is 24.3 Å². The highest BCUT2D eigenvalue weighted by Crippen LogP contribution is 2.38. The highest BCUT2D eigenvalue weighted by molar-refractivity contribution is 7.91. The molecule has 0 spiro atoms. The van der Waals surface area contributed by atoms with Crippen LogP contribution < -0.4 is 9.47 Å². The van der Waals surface area contributed by atoms with Crippen molar-refractivity contribution in [2.24, 2.45) is 0 Å². The lowest BCUT2D eigenvalue weighted by Gasteiger charge is -2.38. The molecule has 24 heavy (non-hydrogen) atoms. The molecule has 132 valence electrons. The molecule has 0 N–H and O–H groups in total. The Morgan fingerprint density at radius 3 is 2.29 bits per heavy atom. The number of para-hydroxylation sites is 2. The van der Waals surface area contributed by atoms with E-state index >= 15 is 0 Å². The first-order chi connectivity index (χ1) is 11.4. The maximum Gasteiger partial charge on any atom is 0.261 e. The van der Waals surface area contributed by atoms with Gasteiger partial charge in [0.1, 0.15) is 9.84 Å². The second kappa shape index (κ2) is 6.63. The maximum atomic E-state index is 12.6. The van der Waals surface area contributed by atoms with Crippen LogP contribution in [0.4, 0.5) is 0 Å². The molecular formula is C17H23NO5S. The molecule has 2 saturated heterocycles. The number of rotatable bonds is 5.